The molecule has 0 radical (unpaired) electrons. The maximum Gasteiger partial charge on any atom is 0.257 e. The van der Waals surface area contributed by atoms with Crippen LogP contribution in [0.5, 0.6) is 0 Å². The van der Waals surface area contributed by atoms with E-state index in [1.54, 1.807) is 36.8 Å². The van der Waals surface area contributed by atoms with E-state index in [2.05, 4.69) is 20.6 Å². The number of anilines is 2. The highest BCUT2D eigenvalue weighted by Crippen LogP contribution is 2.20. The normalized spacial score (nSPS) is 10.3. The second kappa shape index (κ2) is 7.77. The number of nitrogens with zero attached hydrogens (tertiary/aromatic N) is 2. The van der Waals surface area contributed by atoms with E-state index in [0.717, 1.165) is 11.1 Å². The van der Waals surface area contributed by atoms with Crippen molar-refractivity contribution in [3.63, 3.8) is 0 Å². The van der Waals surface area contributed by atoms with Crippen molar-refractivity contribution in [2.24, 2.45) is 0 Å². The lowest BCUT2D eigenvalue weighted by molar-refractivity contribution is 0.102. The first-order chi connectivity index (χ1) is 12.1. The van der Waals surface area contributed by atoms with Crippen LogP contribution in [0.4, 0.5) is 11.5 Å². The third kappa shape index (κ3) is 4.55. The first-order valence-electron chi connectivity index (χ1n) is 7.78. The van der Waals surface area contributed by atoms with E-state index < -0.39 is 0 Å². The predicted molar refractivity (Wildman–Crippen MR) is 99.9 cm³/mol. The number of nitrogens with one attached hydrogen (secondary N) is 2. The summed E-state index contributed by atoms with van der Waals surface area (Å²) in [5, 5.41) is 6.63. The Balaban J connectivity index is 1.61. The summed E-state index contributed by atoms with van der Waals surface area (Å²) < 4.78 is 0. The molecule has 3 rings (SSSR count). The summed E-state index contributed by atoms with van der Waals surface area (Å²) in [6, 6.07) is 12.8. The van der Waals surface area contributed by atoms with Gasteiger partial charge in [0.25, 0.3) is 5.91 Å². The fourth-order valence-corrected chi connectivity index (χ4v) is 2.38. The van der Waals surface area contributed by atoms with Crippen LogP contribution in [-0.4, -0.2) is 15.9 Å². The van der Waals surface area contributed by atoms with Gasteiger partial charge in [0.1, 0.15) is 5.82 Å². The maximum atomic E-state index is 12.3. The van der Waals surface area contributed by atoms with Gasteiger partial charge in [-0.15, -0.1) is 0 Å². The number of aryl methyl sites for hydroxylation is 1. The van der Waals surface area contributed by atoms with Crippen molar-refractivity contribution < 1.29 is 4.79 Å². The van der Waals surface area contributed by atoms with Gasteiger partial charge in [0, 0.05) is 35.8 Å². The van der Waals surface area contributed by atoms with Gasteiger partial charge in [0.2, 0.25) is 0 Å². The summed E-state index contributed by atoms with van der Waals surface area (Å²) in [6.45, 7) is 2.55. The molecule has 126 valence electrons. The lowest BCUT2D eigenvalue weighted by Gasteiger charge is -2.08. The van der Waals surface area contributed by atoms with Crippen LogP contribution in [0.25, 0.3) is 0 Å². The Hall–Kier alpha value is -2.92. The number of pyridine rings is 2. The van der Waals surface area contributed by atoms with E-state index in [-0.39, 0.29) is 5.91 Å². The topological polar surface area (TPSA) is 66.9 Å². The first kappa shape index (κ1) is 16.9. The number of amides is 1. The van der Waals surface area contributed by atoms with Crippen molar-refractivity contribution in [1.29, 1.82) is 0 Å². The summed E-state index contributed by atoms with van der Waals surface area (Å²) in [5.41, 5.74) is 3.20. The van der Waals surface area contributed by atoms with E-state index >= 15 is 0 Å². The van der Waals surface area contributed by atoms with Crippen LogP contribution in [0, 0.1) is 6.92 Å². The minimum absolute atomic E-state index is 0.229. The van der Waals surface area contributed by atoms with Gasteiger partial charge >= 0.3 is 0 Å². The van der Waals surface area contributed by atoms with Crippen LogP contribution in [0.2, 0.25) is 5.02 Å². The average molecular weight is 353 g/mol. The van der Waals surface area contributed by atoms with Crippen molar-refractivity contribution in [2.75, 3.05) is 10.6 Å². The van der Waals surface area contributed by atoms with Gasteiger partial charge in [0.05, 0.1) is 5.56 Å². The minimum Gasteiger partial charge on any atom is -0.366 e. The molecule has 0 saturated heterocycles. The van der Waals surface area contributed by atoms with E-state index in [9.17, 15) is 4.79 Å². The second-order valence-electron chi connectivity index (χ2n) is 5.56. The molecule has 0 unspecified atom stereocenters. The fourth-order valence-electron chi connectivity index (χ4n) is 2.20. The quantitative estimate of drug-likeness (QED) is 0.718. The van der Waals surface area contributed by atoms with Crippen molar-refractivity contribution in [2.45, 2.75) is 13.5 Å². The molecule has 2 N–H and O–H groups in total. The zero-order valence-corrected chi connectivity index (χ0v) is 14.4. The van der Waals surface area contributed by atoms with E-state index in [1.807, 2.05) is 31.2 Å². The number of benzene rings is 1. The number of aromatic nitrogens is 2. The molecular formula is C19H17ClN4O. The third-order valence-electron chi connectivity index (χ3n) is 3.68. The Morgan fingerprint density at radius 3 is 2.60 bits per heavy atom. The van der Waals surface area contributed by atoms with E-state index in [0.29, 0.717) is 28.6 Å². The van der Waals surface area contributed by atoms with Gasteiger partial charge in [0.15, 0.2) is 0 Å². The molecule has 5 nitrogen and oxygen atoms in total. The van der Waals surface area contributed by atoms with Gasteiger partial charge in [-0.3, -0.25) is 9.78 Å². The van der Waals surface area contributed by atoms with Crippen LogP contribution in [0.1, 0.15) is 21.5 Å². The van der Waals surface area contributed by atoms with Gasteiger partial charge in [-0.2, -0.15) is 0 Å². The van der Waals surface area contributed by atoms with Crippen molar-refractivity contribution >= 4 is 29.0 Å². The van der Waals surface area contributed by atoms with Crippen molar-refractivity contribution in [3.05, 3.63) is 82.8 Å². The summed E-state index contributed by atoms with van der Waals surface area (Å²) in [4.78, 5) is 20.5. The molecule has 0 aliphatic rings. The third-order valence-corrected chi connectivity index (χ3v) is 4.09. The largest absolute Gasteiger partial charge is 0.366 e. The van der Waals surface area contributed by atoms with Gasteiger partial charge < -0.3 is 10.6 Å². The molecule has 0 fully saturated rings. The smallest absolute Gasteiger partial charge is 0.257 e. The standard InChI is InChI=1S/C19H17ClN4O/c1-13-2-4-16(10-17(13)20)24-19(25)15-3-5-18(23-12-15)22-11-14-6-8-21-9-7-14/h2-10,12H,11H2,1H3,(H,22,23)(H,24,25). The lowest BCUT2D eigenvalue weighted by atomic mass is 10.2. The Labute approximate surface area is 151 Å². The number of carbonyl (C=O) groups is 1. The molecular weight excluding hydrogens is 336 g/mol. The van der Waals surface area contributed by atoms with Crippen LogP contribution in [0.15, 0.2) is 61.1 Å². The second-order valence-corrected chi connectivity index (χ2v) is 5.97. The molecule has 0 saturated carbocycles. The highest BCUT2D eigenvalue weighted by atomic mass is 35.5. The van der Waals surface area contributed by atoms with Gasteiger partial charge in [-0.25, -0.2) is 4.98 Å². The summed E-state index contributed by atoms with van der Waals surface area (Å²) in [7, 11) is 0. The lowest BCUT2D eigenvalue weighted by Crippen LogP contribution is -2.12. The van der Waals surface area contributed by atoms with Gasteiger partial charge in [-0.1, -0.05) is 17.7 Å². The SMILES string of the molecule is Cc1ccc(NC(=O)c2ccc(NCc3ccncc3)nc2)cc1Cl. The first-order valence-corrected chi connectivity index (χ1v) is 8.16. The highest BCUT2D eigenvalue weighted by molar-refractivity contribution is 6.31. The Morgan fingerprint density at radius 1 is 1.12 bits per heavy atom. The fraction of sp³-hybridized carbons (Fsp3) is 0.105. The zero-order chi connectivity index (χ0) is 17.6. The molecule has 0 spiro atoms. The van der Waals surface area contributed by atoms with Crippen molar-refractivity contribution in [3.8, 4) is 0 Å². The molecule has 0 bridgehead atoms. The molecule has 2 aromatic heterocycles. The molecule has 25 heavy (non-hydrogen) atoms. The van der Waals surface area contributed by atoms with E-state index in [4.69, 9.17) is 11.6 Å². The molecule has 3 aromatic rings. The Bertz CT molecular complexity index is 866. The molecule has 0 atom stereocenters. The van der Waals surface area contributed by atoms with E-state index in [1.165, 1.54) is 0 Å². The zero-order valence-electron chi connectivity index (χ0n) is 13.7. The van der Waals surface area contributed by atoms with Crippen LogP contribution < -0.4 is 10.6 Å². The number of halogens is 1. The van der Waals surface area contributed by atoms with Gasteiger partial charge in [-0.05, 0) is 54.4 Å². The number of hydrogen-bond donors (Lipinski definition) is 2. The average Bonchev–Trinajstić information content (AvgIpc) is 2.64. The molecule has 6 heteroatoms. The maximum absolute atomic E-state index is 12.3. The Kier molecular flexibility index (Phi) is 5.26. The Morgan fingerprint density at radius 2 is 1.92 bits per heavy atom. The van der Waals surface area contributed by atoms with Crippen LogP contribution in [-0.2, 0) is 6.54 Å². The minimum atomic E-state index is -0.229. The number of carbonyl (C=O) groups excluding carboxylic acids is 1. The predicted octanol–water partition coefficient (Wildman–Crippen LogP) is 4.30. The summed E-state index contributed by atoms with van der Waals surface area (Å²) in [6.07, 6.45) is 5.03. The van der Waals surface area contributed by atoms with Crippen LogP contribution >= 0.6 is 11.6 Å². The molecule has 0 aliphatic heterocycles. The molecule has 0 aliphatic carbocycles. The number of rotatable bonds is 5. The summed E-state index contributed by atoms with van der Waals surface area (Å²) in [5.74, 6) is 0.472. The monoisotopic (exact) mass is 352 g/mol. The van der Waals surface area contributed by atoms with Crippen molar-refractivity contribution in [1.82, 2.24) is 9.97 Å². The summed E-state index contributed by atoms with van der Waals surface area (Å²) >= 11 is 6.07. The van der Waals surface area contributed by atoms with Crippen LogP contribution in [0.3, 0.4) is 0 Å². The molecule has 2 heterocycles. The number of hydrogen-bond acceptors (Lipinski definition) is 4. The molecule has 1 aromatic carbocycles. The highest BCUT2D eigenvalue weighted by Gasteiger charge is 2.08. The molecule has 1 amide bonds.